The van der Waals surface area contributed by atoms with E-state index in [1.165, 1.54) is 0 Å². The molecule has 0 saturated heterocycles. The van der Waals surface area contributed by atoms with Gasteiger partial charge in [-0.2, -0.15) is 5.10 Å². The quantitative estimate of drug-likeness (QED) is 0.748. The SMILES string of the molecule is Cc1cc(SC2CCCC2=O)n(C)n1. The number of Topliss-reactive ketones (excluding diaryl/α,β-unsaturated/α-hetero) is 1. The van der Waals surface area contributed by atoms with E-state index in [-0.39, 0.29) is 5.25 Å². The van der Waals surface area contributed by atoms with E-state index in [1.54, 1.807) is 11.8 Å². The van der Waals surface area contributed by atoms with Crippen molar-refractivity contribution >= 4 is 17.5 Å². The molecule has 1 fully saturated rings. The van der Waals surface area contributed by atoms with Crippen LogP contribution in [-0.2, 0) is 11.8 Å². The van der Waals surface area contributed by atoms with Crippen LogP contribution in [0.15, 0.2) is 11.1 Å². The molecule has 1 atom stereocenters. The number of thioether (sulfide) groups is 1. The Bertz CT molecular complexity index is 359. The van der Waals surface area contributed by atoms with Crippen LogP contribution in [0.1, 0.15) is 25.0 Å². The van der Waals surface area contributed by atoms with E-state index >= 15 is 0 Å². The summed E-state index contributed by atoms with van der Waals surface area (Å²) in [7, 11) is 1.93. The summed E-state index contributed by atoms with van der Waals surface area (Å²) in [6, 6.07) is 2.04. The Morgan fingerprint density at radius 3 is 2.93 bits per heavy atom. The maximum atomic E-state index is 11.4. The molecule has 4 heteroatoms. The van der Waals surface area contributed by atoms with E-state index in [2.05, 4.69) is 5.10 Å². The Morgan fingerprint density at radius 2 is 2.43 bits per heavy atom. The van der Waals surface area contributed by atoms with Crippen molar-refractivity contribution in [3.05, 3.63) is 11.8 Å². The molecule has 14 heavy (non-hydrogen) atoms. The first kappa shape index (κ1) is 9.77. The number of aromatic nitrogens is 2. The van der Waals surface area contributed by atoms with E-state index in [1.807, 2.05) is 24.7 Å². The lowest BCUT2D eigenvalue weighted by Gasteiger charge is -2.06. The second-order valence-electron chi connectivity index (χ2n) is 3.71. The summed E-state index contributed by atoms with van der Waals surface area (Å²) in [6.07, 6.45) is 2.83. The highest BCUT2D eigenvalue weighted by Crippen LogP contribution is 2.32. The molecule has 3 nitrogen and oxygen atoms in total. The fraction of sp³-hybridized carbons (Fsp3) is 0.600. The zero-order valence-corrected chi connectivity index (χ0v) is 9.30. The third kappa shape index (κ3) is 1.85. The molecule has 0 spiro atoms. The molecule has 0 N–H and O–H groups in total. The van der Waals surface area contributed by atoms with E-state index in [4.69, 9.17) is 0 Å². The largest absolute Gasteiger partial charge is 0.298 e. The summed E-state index contributed by atoms with van der Waals surface area (Å²) in [4.78, 5) is 11.4. The number of carbonyl (C=O) groups excluding carboxylic acids is 1. The molecule has 2 rings (SSSR count). The van der Waals surface area contributed by atoms with Crippen molar-refractivity contribution in [3.63, 3.8) is 0 Å². The zero-order chi connectivity index (χ0) is 10.1. The van der Waals surface area contributed by atoms with E-state index < -0.39 is 0 Å². The van der Waals surface area contributed by atoms with Crippen LogP contribution in [-0.4, -0.2) is 20.8 Å². The summed E-state index contributed by atoms with van der Waals surface area (Å²) in [5, 5.41) is 5.53. The molecule has 0 aliphatic heterocycles. The van der Waals surface area contributed by atoms with Crippen LogP contribution in [0.5, 0.6) is 0 Å². The van der Waals surface area contributed by atoms with Gasteiger partial charge in [0.2, 0.25) is 0 Å². The first-order valence-corrected chi connectivity index (χ1v) is 5.75. The minimum atomic E-state index is 0.171. The van der Waals surface area contributed by atoms with Crippen LogP contribution in [0.3, 0.4) is 0 Å². The summed E-state index contributed by atoms with van der Waals surface area (Å²) in [6.45, 7) is 1.97. The normalized spacial score (nSPS) is 21.9. The molecule has 0 amide bonds. The monoisotopic (exact) mass is 210 g/mol. The summed E-state index contributed by atoms with van der Waals surface area (Å²) in [5.41, 5.74) is 1.01. The Morgan fingerprint density at radius 1 is 1.64 bits per heavy atom. The van der Waals surface area contributed by atoms with Crippen molar-refractivity contribution in [2.24, 2.45) is 7.05 Å². The van der Waals surface area contributed by atoms with E-state index in [0.29, 0.717) is 5.78 Å². The third-order valence-electron chi connectivity index (χ3n) is 2.47. The Kier molecular flexibility index (Phi) is 2.63. The van der Waals surface area contributed by atoms with Crippen LogP contribution in [0.4, 0.5) is 0 Å². The zero-order valence-electron chi connectivity index (χ0n) is 8.49. The number of ketones is 1. The van der Waals surface area contributed by atoms with Crippen molar-refractivity contribution in [2.45, 2.75) is 36.5 Å². The van der Waals surface area contributed by atoms with Gasteiger partial charge < -0.3 is 0 Å². The van der Waals surface area contributed by atoms with Gasteiger partial charge in [-0.1, -0.05) is 11.8 Å². The molecular formula is C10H14N2OS. The van der Waals surface area contributed by atoms with Crippen molar-refractivity contribution < 1.29 is 4.79 Å². The van der Waals surface area contributed by atoms with Crippen molar-refractivity contribution in [2.75, 3.05) is 0 Å². The Labute approximate surface area is 87.9 Å². The highest BCUT2D eigenvalue weighted by Gasteiger charge is 2.26. The second-order valence-corrected chi connectivity index (χ2v) is 4.94. The number of hydrogen-bond acceptors (Lipinski definition) is 3. The number of nitrogens with zero attached hydrogens (tertiary/aromatic N) is 2. The van der Waals surface area contributed by atoms with Gasteiger partial charge in [-0.3, -0.25) is 9.48 Å². The summed E-state index contributed by atoms with van der Waals surface area (Å²) < 4.78 is 1.85. The van der Waals surface area contributed by atoms with Gasteiger partial charge in [-0.05, 0) is 25.8 Å². The molecule has 1 aliphatic rings. The first-order chi connectivity index (χ1) is 6.66. The van der Waals surface area contributed by atoms with Gasteiger partial charge in [0, 0.05) is 13.5 Å². The number of rotatable bonds is 2. The molecule has 1 saturated carbocycles. The van der Waals surface area contributed by atoms with Gasteiger partial charge >= 0.3 is 0 Å². The van der Waals surface area contributed by atoms with Crippen LogP contribution in [0, 0.1) is 6.92 Å². The minimum Gasteiger partial charge on any atom is -0.298 e. The number of carbonyl (C=O) groups is 1. The predicted molar refractivity (Wildman–Crippen MR) is 56.4 cm³/mol. The van der Waals surface area contributed by atoms with Gasteiger partial charge in [-0.25, -0.2) is 0 Å². The third-order valence-corrected chi connectivity index (χ3v) is 3.88. The maximum absolute atomic E-state index is 11.4. The molecular weight excluding hydrogens is 196 g/mol. The van der Waals surface area contributed by atoms with Crippen molar-refractivity contribution in [1.29, 1.82) is 0 Å². The average molecular weight is 210 g/mol. The first-order valence-electron chi connectivity index (χ1n) is 4.87. The molecule has 1 unspecified atom stereocenters. The lowest BCUT2D eigenvalue weighted by Crippen LogP contribution is -2.09. The molecule has 1 heterocycles. The van der Waals surface area contributed by atoms with Gasteiger partial charge in [0.25, 0.3) is 0 Å². The van der Waals surface area contributed by atoms with Crippen molar-refractivity contribution in [1.82, 2.24) is 9.78 Å². The lowest BCUT2D eigenvalue weighted by molar-refractivity contribution is -0.116. The maximum Gasteiger partial charge on any atom is 0.146 e. The lowest BCUT2D eigenvalue weighted by atomic mass is 10.3. The second kappa shape index (κ2) is 3.77. The molecule has 76 valence electrons. The molecule has 1 aromatic heterocycles. The van der Waals surface area contributed by atoms with Crippen LogP contribution in [0.25, 0.3) is 0 Å². The van der Waals surface area contributed by atoms with Gasteiger partial charge in [0.1, 0.15) is 5.78 Å². The highest BCUT2D eigenvalue weighted by molar-refractivity contribution is 8.00. The molecule has 0 bridgehead atoms. The van der Waals surface area contributed by atoms with Crippen LogP contribution < -0.4 is 0 Å². The van der Waals surface area contributed by atoms with Crippen LogP contribution >= 0.6 is 11.8 Å². The van der Waals surface area contributed by atoms with E-state index in [0.717, 1.165) is 30.0 Å². The number of hydrogen-bond donors (Lipinski definition) is 0. The minimum absolute atomic E-state index is 0.171. The molecule has 0 aromatic carbocycles. The predicted octanol–water partition coefficient (Wildman–Crippen LogP) is 1.94. The average Bonchev–Trinajstić information content (AvgIpc) is 2.62. The Balaban J connectivity index is 2.10. The highest BCUT2D eigenvalue weighted by atomic mass is 32.2. The summed E-state index contributed by atoms with van der Waals surface area (Å²) >= 11 is 1.66. The Hall–Kier alpha value is -0.770. The van der Waals surface area contributed by atoms with Crippen LogP contribution in [0.2, 0.25) is 0 Å². The standard InChI is InChI=1S/C10H14N2OS/c1-7-6-10(12(2)11-7)14-9-5-3-4-8(9)13/h6,9H,3-5H2,1-2H3. The van der Waals surface area contributed by atoms with Gasteiger partial charge in [-0.15, -0.1) is 0 Å². The fourth-order valence-electron chi connectivity index (χ4n) is 1.75. The van der Waals surface area contributed by atoms with Gasteiger partial charge in [0.05, 0.1) is 16.0 Å². The topological polar surface area (TPSA) is 34.9 Å². The van der Waals surface area contributed by atoms with Crippen molar-refractivity contribution in [3.8, 4) is 0 Å². The van der Waals surface area contributed by atoms with E-state index in [9.17, 15) is 4.79 Å². The molecule has 0 radical (unpaired) electrons. The molecule has 1 aromatic rings. The summed E-state index contributed by atoms with van der Waals surface area (Å²) in [5.74, 6) is 0.397. The molecule has 1 aliphatic carbocycles. The fourth-order valence-corrected chi connectivity index (χ4v) is 3.01. The smallest absolute Gasteiger partial charge is 0.146 e. The van der Waals surface area contributed by atoms with Gasteiger partial charge in [0.15, 0.2) is 0 Å². The number of aryl methyl sites for hydroxylation is 2.